The van der Waals surface area contributed by atoms with E-state index in [2.05, 4.69) is 31.6 Å². The Morgan fingerprint density at radius 1 is 0.727 bits per heavy atom. The van der Waals surface area contributed by atoms with Crippen molar-refractivity contribution < 1.29 is 33.9 Å². The Labute approximate surface area is 256 Å². The first-order valence-corrected chi connectivity index (χ1v) is 15.0. The molecule has 13 heteroatoms. The maximum absolute atomic E-state index is 13.7. The summed E-state index contributed by atoms with van der Waals surface area (Å²) in [5, 5.41) is 23.5. The van der Waals surface area contributed by atoms with Gasteiger partial charge in [-0.1, -0.05) is 45.9 Å². The maximum Gasteiger partial charge on any atom is 0.303 e. The van der Waals surface area contributed by atoms with Crippen LogP contribution in [0.5, 0.6) is 0 Å². The summed E-state index contributed by atoms with van der Waals surface area (Å²) in [7, 11) is 0. The number of aliphatic carboxylic acids is 1. The van der Waals surface area contributed by atoms with Crippen LogP contribution in [-0.2, 0) is 35.2 Å². The van der Waals surface area contributed by atoms with Gasteiger partial charge < -0.3 is 36.7 Å². The van der Waals surface area contributed by atoms with Crippen LogP contribution in [-0.4, -0.2) is 75.8 Å². The number of carboxylic acids is 1. The van der Waals surface area contributed by atoms with E-state index in [1.165, 1.54) is 6.92 Å². The third-order valence-electron chi connectivity index (χ3n) is 7.44. The molecule has 0 unspecified atom stereocenters. The average Bonchev–Trinajstić information content (AvgIpc) is 3.35. The van der Waals surface area contributed by atoms with E-state index in [9.17, 15) is 33.9 Å². The molecular weight excluding hydrogens is 568 g/mol. The van der Waals surface area contributed by atoms with Gasteiger partial charge in [-0.2, -0.15) is 0 Å². The Hall–Kier alpha value is -4.42. The van der Waals surface area contributed by atoms with E-state index in [0.717, 1.165) is 16.5 Å². The Morgan fingerprint density at radius 3 is 1.82 bits per heavy atom. The first-order chi connectivity index (χ1) is 20.7. The van der Waals surface area contributed by atoms with Gasteiger partial charge in [-0.15, -0.1) is 0 Å². The zero-order valence-corrected chi connectivity index (χ0v) is 25.9. The van der Waals surface area contributed by atoms with Crippen LogP contribution in [0, 0.1) is 11.8 Å². The highest BCUT2D eigenvalue weighted by molar-refractivity contribution is 5.98. The van der Waals surface area contributed by atoms with Gasteiger partial charge >= 0.3 is 5.97 Å². The lowest BCUT2D eigenvalue weighted by molar-refractivity contribution is -0.138. The molecular formula is C31H44N6O7. The summed E-state index contributed by atoms with van der Waals surface area (Å²) in [5.41, 5.74) is 1.56. The summed E-state index contributed by atoms with van der Waals surface area (Å²) < 4.78 is 0. The van der Waals surface area contributed by atoms with E-state index in [-0.39, 0.29) is 37.5 Å². The van der Waals surface area contributed by atoms with Crippen LogP contribution in [0.1, 0.15) is 65.9 Å². The molecule has 1 aliphatic heterocycles. The molecule has 2 heterocycles. The van der Waals surface area contributed by atoms with Crippen LogP contribution < -0.4 is 26.6 Å². The standard InChI is InChI=1S/C31H44N6O7/c1-16(2)12-23-29(42)36-24(13-17(3)4)30(43)37-25(14-19-15-32-21-9-7-6-8-20(19)21)31(44)34-22(10-11-26(38)39)28(41)33-18(5)27(40)35-23/h6-9,15-18,22-25,32H,10-14H2,1-5H3,(H,33,41)(H,34,44)(H,35,40)(H,36,42)(H,37,43)(H,38,39)/t18-,22+,23-,24+,25-/m1/s1. The van der Waals surface area contributed by atoms with E-state index < -0.39 is 72.1 Å². The molecule has 1 aliphatic rings. The maximum atomic E-state index is 13.7. The molecule has 0 aliphatic carbocycles. The van der Waals surface area contributed by atoms with Crippen LogP contribution in [0.3, 0.4) is 0 Å². The van der Waals surface area contributed by atoms with Crippen molar-refractivity contribution in [3.05, 3.63) is 36.0 Å². The topological polar surface area (TPSA) is 199 Å². The zero-order valence-electron chi connectivity index (χ0n) is 25.9. The van der Waals surface area contributed by atoms with Crippen LogP contribution in [0.15, 0.2) is 30.5 Å². The van der Waals surface area contributed by atoms with Gasteiger partial charge in [0.05, 0.1) is 0 Å². The lowest BCUT2D eigenvalue weighted by atomic mass is 9.99. The summed E-state index contributed by atoms with van der Waals surface area (Å²) in [4.78, 5) is 81.8. The number of benzene rings is 1. The van der Waals surface area contributed by atoms with Crippen LogP contribution in [0.25, 0.3) is 10.9 Å². The van der Waals surface area contributed by atoms with Gasteiger partial charge in [-0.05, 0) is 49.7 Å². The molecule has 0 saturated carbocycles. The molecule has 1 fully saturated rings. The highest BCUT2D eigenvalue weighted by Crippen LogP contribution is 2.20. The highest BCUT2D eigenvalue weighted by atomic mass is 16.4. The quantitative estimate of drug-likeness (QED) is 0.220. The van der Waals surface area contributed by atoms with E-state index in [0.29, 0.717) is 0 Å². The minimum absolute atomic E-state index is 0.00518. The fourth-order valence-electron chi connectivity index (χ4n) is 5.17. The largest absolute Gasteiger partial charge is 0.481 e. The number of amides is 5. The molecule has 240 valence electrons. The summed E-state index contributed by atoms with van der Waals surface area (Å²) >= 11 is 0. The summed E-state index contributed by atoms with van der Waals surface area (Å²) in [6.45, 7) is 8.99. The van der Waals surface area contributed by atoms with Crippen molar-refractivity contribution in [3.8, 4) is 0 Å². The number of rotatable bonds is 9. The number of hydrogen-bond acceptors (Lipinski definition) is 6. The highest BCUT2D eigenvalue weighted by Gasteiger charge is 2.34. The van der Waals surface area contributed by atoms with E-state index in [1.807, 2.05) is 52.0 Å². The molecule has 5 amide bonds. The number of fused-ring (bicyclic) bond motifs is 1. The minimum atomic E-state index is -1.31. The lowest BCUT2D eigenvalue weighted by Gasteiger charge is -2.27. The lowest BCUT2D eigenvalue weighted by Crippen LogP contribution is -2.58. The van der Waals surface area contributed by atoms with Gasteiger partial charge in [0, 0.05) is 29.9 Å². The van der Waals surface area contributed by atoms with Crippen molar-refractivity contribution in [3.63, 3.8) is 0 Å². The average molecular weight is 613 g/mol. The van der Waals surface area contributed by atoms with E-state index in [1.54, 1.807) is 6.20 Å². The van der Waals surface area contributed by atoms with Gasteiger partial charge in [0.25, 0.3) is 0 Å². The zero-order chi connectivity index (χ0) is 32.6. The molecule has 7 N–H and O–H groups in total. The van der Waals surface area contributed by atoms with Crippen molar-refractivity contribution in [1.29, 1.82) is 0 Å². The molecule has 1 saturated heterocycles. The number of carbonyl (C=O) groups is 6. The number of H-pyrrole nitrogens is 1. The second-order valence-corrected chi connectivity index (χ2v) is 12.2. The number of aromatic nitrogens is 1. The number of aromatic amines is 1. The van der Waals surface area contributed by atoms with Gasteiger partial charge in [-0.3, -0.25) is 28.8 Å². The third kappa shape index (κ3) is 9.55. The molecule has 2 aromatic rings. The first kappa shape index (κ1) is 34.1. The summed E-state index contributed by atoms with van der Waals surface area (Å²) in [5.74, 6) is -4.44. The number of hydrogen-bond donors (Lipinski definition) is 7. The molecule has 44 heavy (non-hydrogen) atoms. The van der Waals surface area contributed by atoms with E-state index >= 15 is 0 Å². The van der Waals surface area contributed by atoms with Crippen molar-refractivity contribution in [2.24, 2.45) is 11.8 Å². The Kier molecular flexibility index (Phi) is 11.9. The number of carboxylic acid groups (broad SMARTS) is 1. The van der Waals surface area contributed by atoms with Crippen molar-refractivity contribution in [2.45, 2.75) is 96.9 Å². The van der Waals surface area contributed by atoms with Crippen molar-refractivity contribution in [1.82, 2.24) is 31.6 Å². The smallest absolute Gasteiger partial charge is 0.303 e. The van der Waals surface area contributed by atoms with Crippen molar-refractivity contribution >= 4 is 46.4 Å². The Morgan fingerprint density at radius 2 is 1.23 bits per heavy atom. The third-order valence-corrected chi connectivity index (χ3v) is 7.44. The molecule has 5 atom stereocenters. The molecule has 1 aromatic carbocycles. The van der Waals surface area contributed by atoms with E-state index in [4.69, 9.17) is 0 Å². The van der Waals surface area contributed by atoms with Gasteiger partial charge in [-0.25, -0.2) is 0 Å². The summed E-state index contributed by atoms with van der Waals surface area (Å²) in [6, 6.07) is 1.86. The molecule has 3 rings (SSSR count). The Bertz CT molecular complexity index is 1370. The fraction of sp³-hybridized carbons (Fsp3) is 0.548. The van der Waals surface area contributed by atoms with Gasteiger partial charge in [0.1, 0.15) is 30.2 Å². The number of para-hydroxylation sites is 1. The van der Waals surface area contributed by atoms with Crippen molar-refractivity contribution in [2.75, 3.05) is 0 Å². The van der Waals surface area contributed by atoms with Crippen LogP contribution >= 0.6 is 0 Å². The molecule has 0 radical (unpaired) electrons. The second kappa shape index (κ2) is 15.3. The first-order valence-electron chi connectivity index (χ1n) is 15.0. The second-order valence-electron chi connectivity index (χ2n) is 12.2. The Balaban J connectivity index is 2.04. The molecule has 0 spiro atoms. The number of nitrogens with one attached hydrogen (secondary N) is 6. The SMILES string of the molecule is CC(C)C[C@@H]1NC(=O)[C@@H](CC(C)C)NC(=O)[C@@H](C)NC(=O)[C@H](CCC(=O)O)NC(=O)[C@@H](Cc2c[nH]c3ccccc23)NC1=O. The monoisotopic (exact) mass is 612 g/mol. The molecule has 1 aromatic heterocycles. The summed E-state index contributed by atoms with van der Waals surface area (Å²) in [6.07, 6.45) is 1.64. The fourth-order valence-corrected chi connectivity index (χ4v) is 5.17. The normalized spacial score (nSPS) is 24.2. The predicted molar refractivity (Wildman–Crippen MR) is 163 cm³/mol. The number of carbonyl (C=O) groups excluding carboxylic acids is 5. The van der Waals surface area contributed by atoms with Gasteiger partial charge in [0.2, 0.25) is 29.5 Å². The van der Waals surface area contributed by atoms with Gasteiger partial charge in [0.15, 0.2) is 0 Å². The molecule has 13 nitrogen and oxygen atoms in total. The molecule has 0 bridgehead atoms. The minimum Gasteiger partial charge on any atom is -0.481 e. The predicted octanol–water partition coefficient (Wildman–Crippen LogP) is 1.12. The van der Waals surface area contributed by atoms with Crippen LogP contribution in [0.2, 0.25) is 0 Å². The van der Waals surface area contributed by atoms with Crippen LogP contribution in [0.4, 0.5) is 0 Å².